The van der Waals surface area contributed by atoms with E-state index in [4.69, 9.17) is 24.4 Å². The first-order valence-corrected chi connectivity index (χ1v) is 32.6. The molecule has 3 amide bonds. The third-order valence-corrected chi connectivity index (χ3v) is 20.2. The fraction of sp³-hybridized carbons (Fsp3) is 0.554. The number of fused-ring (bicyclic) bond motifs is 2. The molecule has 10 rings (SSSR count). The van der Waals surface area contributed by atoms with Crippen LogP contribution in [0.25, 0.3) is 10.9 Å². The number of H-pyrrole nitrogens is 1. The van der Waals surface area contributed by atoms with Gasteiger partial charge in [-0.2, -0.15) is 5.10 Å². The summed E-state index contributed by atoms with van der Waals surface area (Å²) in [7, 11) is -3.83. The first-order chi connectivity index (χ1) is 42.1. The number of nitrogens with one attached hydrogen (secondary N) is 2. The molecule has 0 radical (unpaired) electrons. The van der Waals surface area contributed by atoms with E-state index in [0.29, 0.717) is 100 Å². The molecular formula is C65H88FN15O7S. The number of nitrogens with zero attached hydrogens (tertiary/aromatic N) is 13. The Bertz CT molecular complexity index is 3640. The molecule has 0 unspecified atom stereocenters. The number of anilines is 4. The van der Waals surface area contributed by atoms with Gasteiger partial charge in [-0.3, -0.25) is 34.4 Å². The summed E-state index contributed by atoms with van der Waals surface area (Å²) < 4.78 is 52.9. The Labute approximate surface area is 522 Å². The van der Waals surface area contributed by atoms with Gasteiger partial charge >= 0.3 is 6.09 Å². The van der Waals surface area contributed by atoms with Crippen molar-refractivity contribution >= 4 is 61.9 Å². The number of pyridine rings is 1. The second kappa shape index (κ2) is 26.2. The van der Waals surface area contributed by atoms with Gasteiger partial charge in [0.25, 0.3) is 0 Å². The molecule has 0 bridgehead atoms. The van der Waals surface area contributed by atoms with E-state index in [2.05, 4.69) is 58.9 Å². The number of rotatable bonds is 19. The summed E-state index contributed by atoms with van der Waals surface area (Å²) in [6, 6.07) is 10.8. The van der Waals surface area contributed by atoms with E-state index in [1.54, 1.807) is 49.9 Å². The summed E-state index contributed by atoms with van der Waals surface area (Å²) in [6.07, 6.45) is 9.35. The van der Waals surface area contributed by atoms with Crippen LogP contribution in [0, 0.1) is 19.7 Å². The topological polar surface area (TPSA) is 232 Å². The Morgan fingerprint density at radius 3 is 2.22 bits per heavy atom. The normalized spacial score (nSPS) is 19.7. The predicted molar refractivity (Wildman–Crippen MR) is 341 cm³/mol. The third kappa shape index (κ3) is 14.8. The number of halogens is 1. The third-order valence-electron chi connectivity index (χ3n) is 17.7. The van der Waals surface area contributed by atoms with Crippen LogP contribution < -0.4 is 19.9 Å². The summed E-state index contributed by atoms with van der Waals surface area (Å²) in [5.41, 5.74) is 5.83. The molecule has 0 aliphatic carbocycles. The molecule has 6 aromatic rings. The molecule has 478 valence electrons. The van der Waals surface area contributed by atoms with Crippen LogP contribution in [-0.2, 0) is 42.4 Å². The number of ether oxygens (including phenoxy) is 2. The SMILES string of the molecule is Cc1[nH]nc(Nc2ncnc3cc(OCCCN4CCN(c5ncc(CCCN6CCN(C[C@H]7CN(C(=O)OC(C)(C)C)[C@H](C)CN7CC(=O)N7CC(C)(C)c8ncc(Cc9ccc(F)cc9)cc87)[C@H](C)C6=O)cn5)CC4)c(S(=O)(=O)C(C)(C)C)cc23)c1C. The zero-order valence-corrected chi connectivity index (χ0v) is 54.6. The number of sulfone groups is 1. The zero-order valence-electron chi connectivity index (χ0n) is 53.8. The van der Waals surface area contributed by atoms with Crippen LogP contribution in [0.5, 0.6) is 5.75 Å². The molecule has 8 heterocycles. The maximum Gasteiger partial charge on any atom is 0.410 e. The summed E-state index contributed by atoms with van der Waals surface area (Å²) >= 11 is 0. The van der Waals surface area contributed by atoms with E-state index in [1.165, 1.54) is 18.5 Å². The molecule has 89 heavy (non-hydrogen) atoms. The predicted octanol–water partition coefficient (Wildman–Crippen LogP) is 7.89. The largest absolute Gasteiger partial charge is 0.492 e. The number of carbonyl (C=O) groups is 3. The Morgan fingerprint density at radius 2 is 1.54 bits per heavy atom. The van der Waals surface area contributed by atoms with Crippen LogP contribution in [-0.4, -0.2) is 206 Å². The molecule has 0 spiro atoms. The summed E-state index contributed by atoms with van der Waals surface area (Å²) in [6.45, 7) is 30.4. The lowest BCUT2D eigenvalue weighted by atomic mass is 9.91. The van der Waals surface area contributed by atoms with Crippen molar-refractivity contribution in [2.45, 2.75) is 148 Å². The number of aryl methyl sites for hydroxylation is 2. The molecule has 2 aromatic carbocycles. The Kier molecular flexibility index (Phi) is 19.0. The minimum atomic E-state index is -3.83. The number of benzene rings is 2. The van der Waals surface area contributed by atoms with Gasteiger partial charge in [0.1, 0.15) is 34.2 Å². The van der Waals surface area contributed by atoms with Crippen molar-refractivity contribution in [3.8, 4) is 5.75 Å². The second-order valence-electron chi connectivity index (χ2n) is 27.1. The van der Waals surface area contributed by atoms with Crippen molar-refractivity contribution in [2.75, 3.05) is 107 Å². The highest BCUT2D eigenvalue weighted by molar-refractivity contribution is 7.92. The van der Waals surface area contributed by atoms with Crippen LogP contribution in [0.4, 0.5) is 32.5 Å². The average Bonchev–Trinajstić information content (AvgIpc) is 1.76. The molecule has 4 aliphatic heterocycles. The van der Waals surface area contributed by atoms with Crippen molar-refractivity contribution in [3.05, 3.63) is 107 Å². The molecule has 3 fully saturated rings. The van der Waals surface area contributed by atoms with Gasteiger partial charge in [0.15, 0.2) is 15.7 Å². The van der Waals surface area contributed by atoms with Crippen LogP contribution in [0.15, 0.2) is 72.3 Å². The van der Waals surface area contributed by atoms with Gasteiger partial charge in [-0.05, 0) is 136 Å². The second-order valence-corrected chi connectivity index (χ2v) is 29.7. The standard InChI is InChI=1S/C65H88FN15O7S/c1-42-36-79(39-56(82)81-40-65(11,12)57-53(81)30-48(35-67-57)29-46-16-18-49(66)19-17-46)50(38-80(42)62(84)88-63(5,6)7)37-78-27-26-76(60(83)45(78)4)21-13-15-47-33-68-61(69-34-47)77-24-22-75(23-25-77)20-14-28-87-54-32-52-51(31-55(54)89(85,86)64(8,9)10)59(71-41-70-52)72-58-43(2)44(3)73-74-58/h16-19,30-35,41-42,45,50H,13-15,20-29,36-40H2,1-12H3,(H2,70,71,72,73,74)/t42-,45-,50+/m1/s1. The Hall–Kier alpha value is -7.41. The zero-order chi connectivity index (χ0) is 63.7. The van der Waals surface area contributed by atoms with Gasteiger partial charge in [-0.15, -0.1) is 0 Å². The number of hydrogen-bond donors (Lipinski definition) is 2. The van der Waals surface area contributed by atoms with Crippen molar-refractivity contribution in [1.29, 1.82) is 0 Å². The number of hydrogen-bond acceptors (Lipinski definition) is 18. The van der Waals surface area contributed by atoms with E-state index < -0.39 is 32.3 Å². The Balaban J connectivity index is 0.697. The van der Waals surface area contributed by atoms with Crippen LogP contribution in [0.2, 0.25) is 0 Å². The van der Waals surface area contributed by atoms with Crippen molar-refractivity contribution < 1.29 is 36.7 Å². The number of amides is 3. The maximum absolute atomic E-state index is 14.7. The van der Waals surface area contributed by atoms with E-state index in [9.17, 15) is 27.2 Å². The highest BCUT2D eigenvalue weighted by atomic mass is 32.2. The van der Waals surface area contributed by atoms with E-state index in [0.717, 1.165) is 78.5 Å². The summed E-state index contributed by atoms with van der Waals surface area (Å²) in [5, 5.41) is 11.1. The minimum absolute atomic E-state index is 0.0469. The Morgan fingerprint density at radius 1 is 0.820 bits per heavy atom. The average molecular weight is 1240 g/mol. The number of carbonyl (C=O) groups excluding carboxylic acids is 3. The van der Waals surface area contributed by atoms with Crippen molar-refractivity contribution in [1.82, 2.24) is 59.6 Å². The van der Waals surface area contributed by atoms with Gasteiger partial charge in [-0.1, -0.05) is 26.0 Å². The molecule has 4 aliphatic rings. The fourth-order valence-electron chi connectivity index (χ4n) is 12.3. The quantitative estimate of drug-likeness (QED) is 0.0734. The number of aromatic nitrogens is 7. The molecule has 4 aromatic heterocycles. The van der Waals surface area contributed by atoms with Gasteiger partial charge in [0.05, 0.1) is 40.8 Å². The lowest BCUT2D eigenvalue weighted by Crippen LogP contribution is -2.65. The number of piperazine rings is 3. The number of aromatic amines is 1. The van der Waals surface area contributed by atoms with Gasteiger partial charge in [-0.25, -0.2) is 37.5 Å². The van der Waals surface area contributed by atoms with Gasteiger partial charge in [0, 0.05) is 137 Å². The lowest BCUT2D eigenvalue weighted by Gasteiger charge is -2.48. The van der Waals surface area contributed by atoms with Crippen LogP contribution >= 0.6 is 0 Å². The summed E-state index contributed by atoms with van der Waals surface area (Å²) in [4.78, 5) is 80.4. The van der Waals surface area contributed by atoms with Crippen molar-refractivity contribution in [2.24, 2.45) is 0 Å². The molecule has 24 heteroatoms. The fourth-order valence-corrected chi connectivity index (χ4v) is 13.6. The highest BCUT2D eigenvalue weighted by Gasteiger charge is 2.44. The lowest BCUT2D eigenvalue weighted by molar-refractivity contribution is -0.142. The molecule has 2 N–H and O–H groups in total. The first-order valence-electron chi connectivity index (χ1n) is 31.2. The molecular weight excluding hydrogens is 1150 g/mol. The van der Waals surface area contributed by atoms with Gasteiger partial charge in [0.2, 0.25) is 17.8 Å². The summed E-state index contributed by atoms with van der Waals surface area (Å²) in [5.74, 6) is 1.68. The molecule has 0 saturated carbocycles. The molecule has 3 atom stereocenters. The van der Waals surface area contributed by atoms with Crippen LogP contribution in [0.1, 0.15) is 116 Å². The maximum atomic E-state index is 14.7. The minimum Gasteiger partial charge on any atom is -0.492 e. The monoisotopic (exact) mass is 1240 g/mol. The van der Waals surface area contributed by atoms with Crippen LogP contribution in [0.3, 0.4) is 0 Å². The molecule has 22 nitrogen and oxygen atoms in total. The highest BCUT2D eigenvalue weighted by Crippen LogP contribution is 2.41. The van der Waals surface area contributed by atoms with Crippen molar-refractivity contribution in [3.63, 3.8) is 0 Å². The van der Waals surface area contributed by atoms with E-state index >= 15 is 0 Å². The van der Waals surface area contributed by atoms with Gasteiger partial charge < -0.3 is 34.4 Å². The smallest absolute Gasteiger partial charge is 0.410 e. The molecule has 3 saturated heterocycles. The van der Waals surface area contributed by atoms with E-state index in [-0.39, 0.29) is 52.3 Å². The van der Waals surface area contributed by atoms with E-state index in [1.807, 2.05) is 82.9 Å². The first kappa shape index (κ1) is 64.6.